The Morgan fingerprint density at radius 1 is 1.10 bits per heavy atom. The molecule has 20 heavy (non-hydrogen) atoms. The van der Waals surface area contributed by atoms with Crippen molar-refractivity contribution < 1.29 is 30.0 Å². The Morgan fingerprint density at radius 3 is 2.35 bits per heavy atom. The van der Waals surface area contributed by atoms with Gasteiger partial charge in [-0.2, -0.15) is 0 Å². The van der Waals surface area contributed by atoms with Crippen LogP contribution in [0, 0.1) is 0 Å². The lowest BCUT2D eigenvalue weighted by Crippen LogP contribution is -2.61. The van der Waals surface area contributed by atoms with E-state index in [1.165, 1.54) is 0 Å². The summed E-state index contributed by atoms with van der Waals surface area (Å²) in [5.41, 5.74) is 0.509. The number of rotatable bonds is 3. The maximum absolute atomic E-state index is 12.0. The number of anilines is 1. The number of hydrogen-bond donors (Lipinski definition) is 5. The van der Waals surface area contributed by atoms with Gasteiger partial charge in [0, 0.05) is 5.69 Å². The number of amides is 1. The number of benzene rings is 1. The van der Waals surface area contributed by atoms with E-state index < -0.39 is 43.0 Å². The fourth-order valence-corrected chi connectivity index (χ4v) is 2.05. The SMILES string of the molecule is O=C(Nc1ccccc1)[C@@H]1O[C@H](CO)[C@@H](O)[C@H](O)[C@H]1O. The van der Waals surface area contributed by atoms with Gasteiger partial charge in [-0.1, -0.05) is 18.2 Å². The second-order valence-corrected chi connectivity index (χ2v) is 4.60. The van der Waals surface area contributed by atoms with E-state index in [-0.39, 0.29) is 0 Å². The Morgan fingerprint density at radius 2 is 1.75 bits per heavy atom. The minimum absolute atomic E-state index is 0.509. The minimum atomic E-state index is -1.57. The molecule has 1 amide bonds. The van der Waals surface area contributed by atoms with Crippen molar-refractivity contribution in [2.75, 3.05) is 11.9 Å². The van der Waals surface area contributed by atoms with Gasteiger partial charge < -0.3 is 30.5 Å². The molecule has 7 heteroatoms. The van der Waals surface area contributed by atoms with E-state index in [2.05, 4.69) is 5.32 Å². The molecule has 5 N–H and O–H groups in total. The van der Waals surface area contributed by atoms with Crippen molar-refractivity contribution in [3.05, 3.63) is 30.3 Å². The van der Waals surface area contributed by atoms with Gasteiger partial charge in [0.2, 0.25) is 0 Å². The van der Waals surface area contributed by atoms with Crippen molar-refractivity contribution in [3.8, 4) is 0 Å². The summed E-state index contributed by atoms with van der Waals surface area (Å²) in [5.74, 6) is -0.659. The Kier molecular flexibility index (Phi) is 4.69. The second-order valence-electron chi connectivity index (χ2n) is 4.60. The van der Waals surface area contributed by atoms with Gasteiger partial charge in [-0.15, -0.1) is 0 Å². The molecule has 0 bridgehead atoms. The molecule has 1 aliphatic heterocycles. The first-order chi connectivity index (χ1) is 9.54. The molecule has 1 aromatic rings. The maximum atomic E-state index is 12.0. The monoisotopic (exact) mass is 283 g/mol. The highest BCUT2D eigenvalue weighted by atomic mass is 16.5. The van der Waals surface area contributed by atoms with Gasteiger partial charge in [0.15, 0.2) is 6.10 Å². The first kappa shape index (κ1) is 14.9. The van der Waals surface area contributed by atoms with Gasteiger partial charge in [-0.3, -0.25) is 4.79 Å². The molecule has 0 radical (unpaired) electrons. The number of aliphatic hydroxyl groups excluding tert-OH is 4. The van der Waals surface area contributed by atoms with Crippen molar-refractivity contribution >= 4 is 11.6 Å². The van der Waals surface area contributed by atoms with E-state index in [9.17, 15) is 20.1 Å². The first-order valence-electron chi connectivity index (χ1n) is 6.21. The highest BCUT2D eigenvalue weighted by Crippen LogP contribution is 2.22. The molecule has 110 valence electrons. The summed E-state index contributed by atoms with van der Waals surface area (Å²) in [6.45, 7) is -0.569. The van der Waals surface area contributed by atoms with Crippen LogP contribution in [0.4, 0.5) is 5.69 Å². The molecule has 1 saturated heterocycles. The summed E-state index contributed by atoms with van der Waals surface area (Å²) in [5, 5.41) is 40.6. The molecule has 7 nitrogen and oxygen atoms in total. The summed E-state index contributed by atoms with van der Waals surface area (Å²) < 4.78 is 5.14. The maximum Gasteiger partial charge on any atom is 0.256 e. The Hall–Kier alpha value is -1.51. The van der Waals surface area contributed by atoms with Crippen LogP contribution >= 0.6 is 0 Å². The number of nitrogens with one attached hydrogen (secondary N) is 1. The van der Waals surface area contributed by atoms with Gasteiger partial charge in [0.05, 0.1) is 6.61 Å². The van der Waals surface area contributed by atoms with E-state index in [1.54, 1.807) is 30.3 Å². The van der Waals surface area contributed by atoms with E-state index in [1.807, 2.05) is 0 Å². The number of ether oxygens (including phenoxy) is 1. The number of carbonyl (C=O) groups excluding carboxylic acids is 1. The predicted octanol–water partition coefficient (Wildman–Crippen LogP) is -1.53. The summed E-state index contributed by atoms with van der Waals surface area (Å²) >= 11 is 0. The van der Waals surface area contributed by atoms with Gasteiger partial charge >= 0.3 is 0 Å². The zero-order valence-corrected chi connectivity index (χ0v) is 10.6. The van der Waals surface area contributed by atoms with Crippen LogP contribution in [0.25, 0.3) is 0 Å². The smallest absolute Gasteiger partial charge is 0.256 e. The van der Waals surface area contributed by atoms with Crippen LogP contribution < -0.4 is 5.32 Å². The fraction of sp³-hybridized carbons (Fsp3) is 0.462. The van der Waals surface area contributed by atoms with Crippen molar-refractivity contribution in [2.24, 2.45) is 0 Å². The van der Waals surface area contributed by atoms with Crippen LogP contribution in [0.2, 0.25) is 0 Å². The molecule has 0 saturated carbocycles. The zero-order valence-electron chi connectivity index (χ0n) is 10.6. The third-order valence-corrected chi connectivity index (χ3v) is 3.19. The fourth-order valence-electron chi connectivity index (χ4n) is 2.05. The number of carbonyl (C=O) groups is 1. The van der Waals surface area contributed by atoms with E-state index in [0.29, 0.717) is 5.69 Å². The van der Waals surface area contributed by atoms with E-state index >= 15 is 0 Å². The number of aliphatic hydroxyl groups is 4. The van der Waals surface area contributed by atoms with E-state index in [0.717, 1.165) is 0 Å². The minimum Gasteiger partial charge on any atom is -0.394 e. The lowest BCUT2D eigenvalue weighted by molar-refractivity contribution is -0.224. The molecule has 5 atom stereocenters. The average Bonchev–Trinajstić information content (AvgIpc) is 2.46. The van der Waals surface area contributed by atoms with Gasteiger partial charge in [0.1, 0.15) is 24.4 Å². The molecule has 0 spiro atoms. The van der Waals surface area contributed by atoms with Crippen LogP contribution in [0.1, 0.15) is 0 Å². The van der Waals surface area contributed by atoms with Crippen LogP contribution in [-0.2, 0) is 9.53 Å². The predicted molar refractivity (Wildman–Crippen MR) is 68.8 cm³/mol. The molecule has 0 aromatic heterocycles. The van der Waals surface area contributed by atoms with Crippen molar-refractivity contribution in [1.29, 1.82) is 0 Å². The summed E-state index contributed by atoms with van der Waals surface area (Å²) in [6, 6.07) is 8.54. The zero-order chi connectivity index (χ0) is 14.7. The van der Waals surface area contributed by atoms with Crippen molar-refractivity contribution in [3.63, 3.8) is 0 Å². The molecule has 1 aromatic carbocycles. The van der Waals surface area contributed by atoms with Crippen LogP contribution in [0.3, 0.4) is 0 Å². The third-order valence-electron chi connectivity index (χ3n) is 3.19. The molecule has 0 aliphatic carbocycles. The van der Waals surface area contributed by atoms with Gasteiger partial charge in [0.25, 0.3) is 5.91 Å². The lowest BCUT2D eigenvalue weighted by atomic mass is 9.94. The molecular weight excluding hydrogens is 266 g/mol. The molecule has 1 fully saturated rings. The van der Waals surface area contributed by atoms with Crippen LogP contribution in [0.5, 0.6) is 0 Å². The number of para-hydroxylation sites is 1. The third kappa shape index (κ3) is 2.97. The Labute approximate surface area is 115 Å². The molecule has 1 heterocycles. The summed E-state index contributed by atoms with van der Waals surface area (Å²) in [4.78, 5) is 12.0. The average molecular weight is 283 g/mol. The van der Waals surface area contributed by atoms with E-state index in [4.69, 9.17) is 9.84 Å². The lowest BCUT2D eigenvalue weighted by Gasteiger charge is -2.39. The Bertz CT molecular complexity index is 451. The summed E-state index contributed by atoms with van der Waals surface area (Å²) in [7, 11) is 0. The molecule has 0 unspecified atom stereocenters. The normalized spacial score (nSPS) is 33.7. The van der Waals surface area contributed by atoms with Crippen molar-refractivity contribution in [1.82, 2.24) is 0 Å². The largest absolute Gasteiger partial charge is 0.394 e. The first-order valence-corrected chi connectivity index (χ1v) is 6.21. The quantitative estimate of drug-likeness (QED) is 0.459. The topological polar surface area (TPSA) is 119 Å². The molecule has 2 rings (SSSR count). The van der Waals surface area contributed by atoms with Gasteiger partial charge in [-0.25, -0.2) is 0 Å². The van der Waals surface area contributed by atoms with Gasteiger partial charge in [-0.05, 0) is 12.1 Å². The second kappa shape index (κ2) is 6.29. The highest BCUT2D eigenvalue weighted by Gasteiger charge is 2.46. The van der Waals surface area contributed by atoms with Crippen molar-refractivity contribution in [2.45, 2.75) is 30.5 Å². The number of hydrogen-bond acceptors (Lipinski definition) is 6. The van der Waals surface area contributed by atoms with Crippen LogP contribution in [-0.4, -0.2) is 63.5 Å². The summed E-state index contributed by atoms with van der Waals surface area (Å²) in [6.07, 6.45) is -7.08. The highest BCUT2D eigenvalue weighted by molar-refractivity contribution is 5.94. The molecular formula is C13H17NO6. The standard InChI is InChI=1S/C13H17NO6/c15-6-8-9(16)10(17)11(18)12(20-8)13(19)14-7-4-2-1-3-5-7/h1-5,8-12,15-18H,6H2,(H,14,19)/t8-,9-,10+,11-,12-/m1/s1. The Balaban J connectivity index is 2.08. The van der Waals surface area contributed by atoms with Crippen LogP contribution in [0.15, 0.2) is 30.3 Å². The molecule has 1 aliphatic rings.